The summed E-state index contributed by atoms with van der Waals surface area (Å²) in [5, 5.41) is 10.9. The van der Waals surface area contributed by atoms with Crippen LogP contribution < -0.4 is 19.9 Å². The number of benzene rings is 1. The van der Waals surface area contributed by atoms with E-state index in [4.69, 9.17) is 19.9 Å². The minimum absolute atomic E-state index is 0.0349. The zero-order valence-electron chi connectivity index (χ0n) is 11.3. The highest BCUT2D eigenvalue weighted by molar-refractivity contribution is 5.51. The van der Waals surface area contributed by atoms with E-state index in [0.29, 0.717) is 0 Å². The molecule has 0 saturated carbocycles. The molecule has 0 aliphatic rings. The number of nitrogens with zero attached hydrogens (tertiary/aromatic N) is 3. The first-order valence-corrected chi connectivity index (χ1v) is 5.72. The van der Waals surface area contributed by atoms with Gasteiger partial charge in [0.1, 0.15) is 5.75 Å². The monoisotopic (exact) mass is 292 g/mol. The van der Waals surface area contributed by atoms with E-state index in [1.54, 1.807) is 0 Å². The standard InChI is InChI=1S/C12H12N4O5/c1-19-9-4-3-7(5-8(9)16(17)18)21-11-6-10(20-2)14-12(13)15-11/h3-6H,1-2H3,(H2,13,14,15). The molecule has 0 aliphatic carbocycles. The zero-order valence-corrected chi connectivity index (χ0v) is 11.3. The maximum absolute atomic E-state index is 10.9. The predicted octanol–water partition coefficient (Wildman–Crippen LogP) is 1.78. The van der Waals surface area contributed by atoms with E-state index in [9.17, 15) is 10.1 Å². The Balaban J connectivity index is 2.33. The molecular weight excluding hydrogens is 280 g/mol. The van der Waals surface area contributed by atoms with Gasteiger partial charge in [-0.2, -0.15) is 9.97 Å². The molecule has 2 aromatic rings. The highest BCUT2D eigenvalue weighted by atomic mass is 16.6. The highest BCUT2D eigenvalue weighted by Crippen LogP contribution is 2.33. The lowest BCUT2D eigenvalue weighted by atomic mass is 10.3. The second-order valence-corrected chi connectivity index (χ2v) is 3.80. The van der Waals surface area contributed by atoms with Gasteiger partial charge >= 0.3 is 5.69 Å². The van der Waals surface area contributed by atoms with E-state index >= 15 is 0 Å². The summed E-state index contributed by atoms with van der Waals surface area (Å²) in [6.45, 7) is 0. The molecule has 1 aromatic carbocycles. The summed E-state index contributed by atoms with van der Waals surface area (Å²) >= 11 is 0. The summed E-state index contributed by atoms with van der Waals surface area (Å²) in [4.78, 5) is 18.0. The van der Waals surface area contributed by atoms with Crippen LogP contribution in [0.4, 0.5) is 11.6 Å². The summed E-state index contributed by atoms with van der Waals surface area (Å²) in [6, 6.07) is 5.57. The zero-order chi connectivity index (χ0) is 15.4. The number of aromatic nitrogens is 2. The molecule has 0 fully saturated rings. The molecule has 0 saturated heterocycles. The summed E-state index contributed by atoms with van der Waals surface area (Å²) in [7, 11) is 2.77. The Morgan fingerprint density at radius 1 is 1.14 bits per heavy atom. The van der Waals surface area contributed by atoms with Crippen LogP contribution in [0.1, 0.15) is 0 Å². The molecule has 1 aromatic heterocycles. The van der Waals surface area contributed by atoms with Gasteiger partial charge in [-0.05, 0) is 12.1 Å². The van der Waals surface area contributed by atoms with Crippen LogP contribution in [0.3, 0.4) is 0 Å². The highest BCUT2D eigenvalue weighted by Gasteiger charge is 2.16. The Bertz CT molecular complexity index is 677. The molecule has 21 heavy (non-hydrogen) atoms. The number of nitro benzene ring substituents is 1. The van der Waals surface area contributed by atoms with Gasteiger partial charge in [0.2, 0.25) is 17.7 Å². The van der Waals surface area contributed by atoms with Crippen molar-refractivity contribution in [2.75, 3.05) is 20.0 Å². The van der Waals surface area contributed by atoms with E-state index in [1.165, 1.54) is 38.5 Å². The third kappa shape index (κ3) is 3.26. The predicted molar refractivity (Wildman–Crippen MR) is 72.7 cm³/mol. The first-order chi connectivity index (χ1) is 10.0. The lowest BCUT2D eigenvalue weighted by Gasteiger charge is -2.08. The van der Waals surface area contributed by atoms with Gasteiger partial charge in [-0.3, -0.25) is 10.1 Å². The van der Waals surface area contributed by atoms with E-state index < -0.39 is 4.92 Å². The molecule has 0 unspecified atom stereocenters. The van der Waals surface area contributed by atoms with Crippen LogP contribution in [0.25, 0.3) is 0 Å². The van der Waals surface area contributed by atoms with Gasteiger partial charge in [-0.1, -0.05) is 0 Å². The van der Waals surface area contributed by atoms with Crippen LogP contribution in [-0.2, 0) is 0 Å². The molecular formula is C12H12N4O5. The summed E-state index contributed by atoms with van der Waals surface area (Å²) < 4.78 is 15.3. The number of nitrogen functional groups attached to an aromatic ring is 1. The molecule has 0 radical (unpaired) electrons. The molecule has 9 nitrogen and oxygen atoms in total. The normalized spacial score (nSPS) is 10.0. The lowest BCUT2D eigenvalue weighted by Crippen LogP contribution is -2.00. The third-order valence-corrected chi connectivity index (χ3v) is 2.48. The molecule has 110 valence electrons. The molecule has 1 heterocycles. The van der Waals surface area contributed by atoms with Gasteiger partial charge in [0, 0.05) is 0 Å². The van der Waals surface area contributed by atoms with Gasteiger partial charge in [0.15, 0.2) is 5.75 Å². The number of hydrogen-bond donors (Lipinski definition) is 1. The Kier molecular flexibility index (Phi) is 4.02. The van der Waals surface area contributed by atoms with E-state index in [0.717, 1.165) is 0 Å². The lowest BCUT2D eigenvalue weighted by molar-refractivity contribution is -0.385. The van der Waals surface area contributed by atoms with Crippen molar-refractivity contribution in [1.82, 2.24) is 9.97 Å². The van der Waals surface area contributed by atoms with Crippen LogP contribution in [0.15, 0.2) is 24.3 Å². The van der Waals surface area contributed by atoms with E-state index in [-0.39, 0.29) is 34.9 Å². The largest absolute Gasteiger partial charge is 0.490 e. The van der Waals surface area contributed by atoms with E-state index in [2.05, 4.69) is 9.97 Å². The fourth-order valence-corrected chi connectivity index (χ4v) is 1.57. The second kappa shape index (κ2) is 5.90. The van der Waals surface area contributed by atoms with Crippen molar-refractivity contribution < 1.29 is 19.1 Å². The minimum Gasteiger partial charge on any atom is -0.490 e. The van der Waals surface area contributed by atoms with Crippen molar-refractivity contribution in [3.63, 3.8) is 0 Å². The Morgan fingerprint density at radius 2 is 1.86 bits per heavy atom. The van der Waals surface area contributed by atoms with Crippen molar-refractivity contribution in [2.24, 2.45) is 0 Å². The maximum Gasteiger partial charge on any atom is 0.314 e. The van der Waals surface area contributed by atoms with Crippen LogP contribution >= 0.6 is 0 Å². The first kappa shape index (κ1) is 14.3. The summed E-state index contributed by atoms with van der Waals surface area (Å²) in [5.41, 5.74) is 5.28. The number of hydrogen-bond acceptors (Lipinski definition) is 8. The van der Waals surface area contributed by atoms with Crippen molar-refractivity contribution in [3.8, 4) is 23.3 Å². The SMILES string of the molecule is COc1cc(Oc2ccc(OC)c([N+](=O)[O-])c2)nc(N)n1. The molecule has 0 atom stereocenters. The summed E-state index contributed by atoms with van der Waals surface area (Å²) in [6.07, 6.45) is 0. The first-order valence-electron chi connectivity index (χ1n) is 5.72. The smallest absolute Gasteiger partial charge is 0.314 e. The number of nitro groups is 1. The number of methoxy groups -OCH3 is 2. The van der Waals surface area contributed by atoms with Gasteiger partial charge in [-0.25, -0.2) is 0 Å². The fourth-order valence-electron chi connectivity index (χ4n) is 1.57. The maximum atomic E-state index is 10.9. The molecule has 0 spiro atoms. The minimum atomic E-state index is -0.569. The quantitative estimate of drug-likeness (QED) is 0.653. The molecule has 0 bridgehead atoms. The molecule has 0 aliphatic heterocycles. The van der Waals surface area contributed by atoms with Crippen LogP contribution in [0, 0.1) is 10.1 Å². The van der Waals surface area contributed by atoms with Crippen LogP contribution in [-0.4, -0.2) is 29.1 Å². The average Bonchev–Trinajstić information content (AvgIpc) is 2.46. The van der Waals surface area contributed by atoms with Gasteiger partial charge in [0.25, 0.3) is 0 Å². The number of nitrogens with two attached hydrogens (primary N) is 1. The van der Waals surface area contributed by atoms with Gasteiger partial charge in [-0.15, -0.1) is 0 Å². The number of ether oxygens (including phenoxy) is 3. The fraction of sp³-hybridized carbons (Fsp3) is 0.167. The Hall–Kier alpha value is -3.10. The molecule has 2 N–H and O–H groups in total. The number of rotatable bonds is 5. The van der Waals surface area contributed by atoms with E-state index in [1.807, 2.05) is 0 Å². The molecule has 0 amide bonds. The van der Waals surface area contributed by atoms with Gasteiger partial charge in [0.05, 0.1) is 31.3 Å². The summed E-state index contributed by atoms with van der Waals surface area (Å²) in [5.74, 6) is 0.640. The average molecular weight is 292 g/mol. The Morgan fingerprint density at radius 3 is 2.48 bits per heavy atom. The van der Waals surface area contributed by atoms with Crippen LogP contribution in [0.5, 0.6) is 23.3 Å². The molecule has 9 heteroatoms. The Labute approximate surface area is 119 Å². The van der Waals surface area contributed by atoms with Crippen molar-refractivity contribution >= 4 is 11.6 Å². The molecule has 2 rings (SSSR count). The number of anilines is 1. The topological polar surface area (TPSA) is 123 Å². The second-order valence-electron chi connectivity index (χ2n) is 3.80. The van der Waals surface area contributed by atoms with Crippen LogP contribution in [0.2, 0.25) is 0 Å². The third-order valence-electron chi connectivity index (χ3n) is 2.48. The van der Waals surface area contributed by atoms with Crippen molar-refractivity contribution in [1.29, 1.82) is 0 Å². The van der Waals surface area contributed by atoms with Gasteiger partial charge < -0.3 is 19.9 Å². The van der Waals surface area contributed by atoms with Crippen molar-refractivity contribution in [3.05, 3.63) is 34.4 Å². The van der Waals surface area contributed by atoms with Crippen molar-refractivity contribution in [2.45, 2.75) is 0 Å².